The van der Waals surface area contributed by atoms with E-state index in [0.29, 0.717) is 17.0 Å². The predicted octanol–water partition coefficient (Wildman–Crippen LogP) is 2.42. The Labute approximate surface area is 119 Å². The van der Waals surface area contributed by atoms with Gasteiger partial charge in [0.2, 0.25) is 0 Å². The maximum absolute atomic E-state index is 9.01. The van der Waals surface area contributed by atoms with Gasteiger partial charge >= 0.3 is 0 Å². The molecule has 0 radical (unpaired) electrons. The molecule has 0 aromatic carbocycles. The second-order valence-corrected chi connectivity index (χ2v) is 6.24. The molecular weight excluding hydrogens is 272 g/mol. The highest BCUT2D eigenvalue weighted by molar-refractivity contribution is 7.09. The molecule has 0 fully saturated rings. The van der Waals surface area contributed by atoms with Gasteiger partial charge in [-0.3, -0.25) is 4.40 Å². The molecule has 7 heteroatoms. The van der Waals surface area contributed by atoms with E-state index in [9.17, 15) is 0 Å². The lowest BCUT2D eigenvalue weighted by molar-refractivity contribution is 0.568. The molecule has 3 aromatic heterocycles. The Bertz CT molecular complexity index is 817. The van der Waals surface area contributed by atoms with E-state index < -0.39 is 0 Å². The summed E-state index contributed by atoms with van der Waals surface area (Å²) in [5.74, 6) is 0.678. The van der Waals surface area contributed by atoms with Gasteiger partial charge in [0.1, 0.15) is 10.9 Å². The SMILES string of the molecule is CC(C)(C)c1nnsc1-c1nnc2ccc(C#N)cn12. The van der Waals surface area contributed by atoms with Crippen molar-refractivity contribution in [3.63, 3.8) is 0 Å². The average molecular weight is 284 g/mol. The van der Waals surface area contributed by atoms with Crippen molar-refractivity contribution in [1.82, 2.24) is 24.2 Å². The third kappa shape index (κ3) is 1.94. The van der Waals surface area contributed by atoms with Crippen LogP contribution in [0.2, 0.25) is 0 Å². The fourth-order valence-corrected chi connectivity index (χ4v) is 2.80. The Morgan fingerprint density at radius 3 is 2.70 bits per heavy atom. The highest BCUT2D eigenvalue weighted by Gasteiger charge is 2.25. The molecule has 0 aliphatic heterocycles. The third-order valence-electron chi connectivity index (χ3n) is 2.93. The largest absolute Gasteiger partial charge is 0.280 e. The summed E-state index contributed by atoms with van der Waals surface area (Å²) in [6.07, 6.45) is 1.73. The van der Waals surface area contributed by atoms with Crippen molar-refractivity contribution in [2.24, 2.45) is 0 Å². The van der Waals surface area contributed by atoms with Crippen molar-refractivity contribution >= 4 is 17.2 Å². The molecule has 20 heavy (non-hydrogen) atoms. The fraction of sp³-hybridized carbons (Fsp3) is 0.308. The fourth-order valence-electron chi connectivity index (χ4n) is 1.94. The van der Waals surface area contributed by atoms with Gasteiger partial charge in [-0.1, -0.05) is 25.3 Å². The lowest BCUT2D eigenvalue weighted by Crippen LogP contribution is -2.13. The summed E-state index contributed by atoms with van der Waals surface area (Å²) < 4.78 is 5.85. The zero-order chi connectivity index (χ0) is 14.3. The molecule has 0 aliphatic carbocycles. The van der Waals surface area contributed by atoms with Crippen molar-refractivity contribution in [2.45, 2.75) is 26.2 Å². The number of rotatable bonds is 1. The van der Waals surface area contributed by atoms with E-state index in [-0.39, 0.29) is 5.41 Å². The zero-order valence-corrected chi connectivity index (χ0v) is 12.1. The number of nitrogens with zero attached hydrogens (tertiary/aromatic N) is 6. The monoisotopic (exact) mass is 284 g/mol. The first kappa shape index (κ1) is 12.7. The van der Waals surface area contributed by atoms with Crippen molar-refractivity contribution in [3.8, 4) is 16.8 Å². The maximum Gasteiger partial charge on any atom is 0.182 e. The molecule has 100 valence electrons. The molecule has 3 heterocycles. The summed E-state index contributed by atoms with van der Waals surface area (Å²) >= 11 is 1.30. The first-order chi connectivity index (χ1) is 9.50. The van der Waals surface area contributed by atoms with E-state index in [0.717, 1.165) is 10.6 Å². The van der Waals surface area contributed by atoms with E-state index in [4.69, 9.17) is 5.26 Å². The average Bonchev–Trinajstić information content (AvgIpc) is 3.02. The molecule has 0 spiro atoms. The topological polar surface area (TPSA) is 79.8 Å². The Morgan fingerprint density at radius 2 is 2.00 bits per heavy atom. The summed E-state index contributed by atoms with van der Waals surface area (Å²) in [7, 11) is 0. The molecule has 0 bridgehead atoms. The van der Waals surface area contributed by atoms with Crippen LogP contribution in [0.5, 0.6) is 0 Å². The van der Waals surface area contributed by atoms with Crippen LogP contribution in [0.25, 0.3) is 16.3 Å². The molecule has 0 amide bonds. The first-order valence-electron chi connectivity index (χ1n) is 6.09. The summed E-state index contributed by atoms with van der Waals surface area (Å²) in [6, 6.07) is 5.63. The molecule has 0 aliphatic rings. The van der Waals surface area contributed by atoms with Crippen LogP contribution in [-0.4, -0.2) is 24.2 Å². The quantitative estimate of drug-likeness (QED) is 0.685. The Hall–Kier alpha value is -2.33. The van der Waals surface area contributed by atoms with E-state index in [1.165, 1.54) is 11.5 Å². The van der Waals surface area contributed by atoms with Crippen molar-refractivity contribution in [3.05, 3.63) is 29.6 Å². The summed E-state index contributed by atoms with van der Waals surface area (Å²) in [5.41, 5.74) is 2.03. The van der Waals surface area contributed by atoms with Gasteiger partial charge in [-0.25, -0.2) is 0 Å². The second kappa shape index (κ2) is 4.35. The summed E-state index contributed by atoms with van der Waals surface area (Å²) in [5, 5.41) is 21.6. The number of nitriles is 1. The first-order valence-corrected chi connectivity index (χ1v) is 6.86. The van der Waals surface area contributed by atoms with E-state index in [2.05, 4.69) is 46.6 Å². The minimum absolute atomic E-state index is 0.124. The molecule has 0 N–H and O–H groups in total. The minimum atomic E-state index is -0.124. The van der Waals surface area contributed by atoms with Gasteiger partial charge in [0, 0.05) is 11.6 Å². The van der Waals surface area contributed by atoms with E-state index >= 15 is 0 Å². The van der Waals surface area contributed by atoms with Gasteiger partial charge in [0.15, 0.2) is 11.5 Å². The van der Waals surface area contributed by atoms with Crippen molar-refractivity contribution in [1.29, 1.82) is 5.26 Å². The molecule has 6 nitrogen and oxygen atoms in total. The number of hydrogen-bond acceptors (Lipinski definition) is 6. The normalized spacial score (nSPS) is 11.7. The van der Waals surface area contributed by atoms with E-state index in [1.807, 2.05) is 4.40 Å². The standard InChI is InChI=1S/C13H12N6S/c1-13(2,3)11-10(20-18-16-11)12-17-15-9-5-4-8(6-14)7-19(9)12/h4-5,7H,1-3H3. The lowest BCUT2D eigenvalue weighted by Gasteiger charge is -2.15. The minimum Gasteiger partial charge on any atom is -0.280 e. The maximum atomic E-state index is 9.01. The van der Waals surface area contributed by atoms with Crippen LogP contribution in [-0.2, 0) is 5.41 Å². The van der Waals surface area contributed by atoms with Gasteiger partial charge in [-0.05, 0) is 23.7 Å². The number of fused-ring (bicyclic) bond motifs is 1. The van der Waals surface area contributed by atoms with Gasteiger partial charge in [0.05, 0.1) is 11.3 Å². The van der Waals surface area contributed by atoms with Gasteiger partial charge in [-0.2, -0.15) is 5.26 Å². The van der Waals surface area contributed by atoms with Crippen molar-refractivity contribution in [2.75, 3.05) is 0 Å². The number of pyridine rings is 1. The summed E-state index contributed by atoms with van der Waals surface area (Å²) in [6.45, 7) is 6.24. The van der Waals surface area contributed by atoms with Crippen molar-refractivity contribution < 1.29 is 0 Å². The second-order valence-electron chi connectivity index (χ2n) is 5.48. The number of aromatic nitrogens is 5. The lowest BCUT2D eigenvalue weighted by atomic mass is 9.91. The molecular formula is C13H12N6S. The molecule has 0 unspecified atom stereocenters. The molecule has 0 saturated heterocycles. The highest BCUT2D eigenvalue weighted by atomic mass is 32.1. The third-order valence-corrected chi connectivity index (χ3v) is 3.65. The molecule has 3 rings (SSSR count). The predicted molar refractivity (Wildman–Crippen MR) is 75.3 cm³/mol. The molecule has 0 atom stereocenters. The smallest absolute Gasteiger partial charge is 0.182 e. The van der Waals surface area contributed by atoms with Gasteiger partial charge in [0.25, 0.3) is 0 Å². The Morgan fingerprint density at radius 1 is 1.20 bits per heavy atom. The summed E-state index contributed by atoms with van der Waals surface area (Å²) in [4.78, 5) is 0.889. The van der Waals surface area contributed by atoms with Crippen LogP contribution in [0.3, 0.4) is 0 Å². The Balaban J connectivity index is 2.26. The molecule has 0 saturated carbocycles. The van der Waals surface area contributed by atoms with Crippen LogP contribution < -0.4 is 0 Å². The van der Waals surface area contributed by atoms with Crippen LogP contribution in [0.1, 0.15) is 32.0 Å². The number of hydrogen-bond donors (Lipinski definition) is 0. The van der Waals surface area contributed by atoms with Crippen LogP contribution in [0.15, 0.2) is 18.3 Å². The van der Waals surface area contributed by atoms with E-state index in [1.54, 1.807) is 18.3 Å². The zero-order valence-electron chi connectivity index (χ0n) is 11.3. The van der Waals surface area contributed by atoms with Gasteiger partial charge < -0.3 is 0 Å². The van der Waals surface area contributed by atoms with Crippen LogP contribution in [0.4, 0.5) is 0 Å². The Kier molecular flexibility index (Phi) is 2.76. The van der Waals surface area contributed by atoms with Crippen LogP contribution >= 0.6 is 11.5 Å². The van der Waals surface area contributed by atoms with Gasteiger partial charge in [-0.15, -0.1) is 15.3 Å². The highest BCUT2D eigenvalue weighted by Crippen LogP contribution is 2.33. The van der Waals surface area contributed by atoms with Crippen LogP contribution in [0, 0.1) is 11.3 Å². The molecule has 3 aromatic rings.